The van der Waals surface area contributed by atoms with Gasteiger partial charge in [-0.2, -0.15) is 0 Å². The molecule has 0 aliphatic carbocycles. The first-order valence-corrected chi connectivity index (χ1v) is 3.25. The molecular formula is C4H8O3S. The number of rotatable bonds is 3. The van der Waals surface area contributed by atoms with Gasteiger partial charge in [0.25, 0.3) is 11.0 Å². The average molecular weight is 136 g/mol. The Labute approximate surface area is 50.1 Å². The molecule has 0 unspecified atom stereocenters. The van der Waals surface area contributed by atoms with Crippen LogP contribution in [-0.4, -0.2) is 15.0 Å². The summed E-state index contributed by atoms with van der Waals surface area (Å²) >= 11 is 0. The minimum atomic E-state index is -2.66. The molecule has 0 aliphatic heterocycles. The fourth-order valence-corrected chi connectivity index (χ4v) is 0.408. The molecule has 0 saturated heterocycles. The largest absolute Gasteiger partial charge is 0.268 e. The zero-order chi connectivity index (χ0) is 6.41. The third-order valence-electron chi connectivity index (χ3n) is 0.512. The molecule has 0 aromatic carbocycles. The quantitative estimate of drug-likeness (QED) is 0.442. The second-order valence-electron chi connectivity index (χ2n) is 1.09. The maximum absolute atomic E-state index is 9.66. The highest BCUT2D eigenvalue weighted by molar-refractivity contribution is 7.67. The molecular weight excluding hydrogens is 128 g/mol. The van der Waals surface area contributed by atoms with Crippen molar-refractivity contribution in [1.29, 1.82) is 0 Å². The summed E-state index contributed by atoms with van der Waals surface area (Å²) in [7, 11) is -2.66. The molecule has 0 radical (unpaired) electrons. The first kappa shape index (κ1) is 7.65. The Morgan fingerprint density at radius 2 is 2.25 bits per heavy atom. The van der Waals surface area contributed by atoms with Crippen molar-refractivity contribution < 1.29 is 12.6 Å². The Morgan fingerprint density at radius 3 is 2.62 bits per heavy atom. The van der Waals surface area contributed by atoms with Gasteiger partial charge in [0, 0.05) is 0 Å². The second kappa shape index (κ2) is 4.80. The van der Waals surface area contributed by atoms with Crippen LogP contribution in [0.1, 0.15) is 6.92 Å². The van der Waals surface area contributed by atoms with Gasteiger partial charge in [0.15, 0.2) is 0 Å². The first-order chi connectivity index (χ1) is 3.77. The molecule has 0 fully saturated rings. The van der Waals surface area contributed by atoms with Crippen LogP contribution < -0.4 is 0 Å². The predicted molar refractivity (Wildman–Crippen MR) is 31.1 cm³/mol. The van der Waals surface area contributed by atoms with Crippen molar-refractivity contribution in [3.63, 3.8) is 0 Å². The second-order valence-corrected chi connectivity index (χ2v) is 1.79. The van der Waals surface area contributed by atoms with Gasteiger partial charge in [0.2, 0.25) is 0 Å². The molecule has 0 aromatic rings. The molecule has 0 spiro atoms. The first-order valence-electron chi connectivity index (χ1n) is 2.16. The summed E-state index contributed by atoms with van der Waals surface area (Å²) in [6, 6.07) is 0. The maximum Gasteiger partial charge on any atom is 0.257 e. The monoisotopic (exact) mass is 136 g/mol. The Balaban J connectivity index is 3.19. The fourth-order valence-electron chi connectivity index (χ4n) is 0.200. The van der Waals surface area contributed by atoms with Crippen molar-refractivity contribution in [2.45, 2.75) is 6.92 Å². The van der Waals surface area contributed by atoms with Crippen molar-refractivity contribution in [3.8, 4) is 0 Å². The van der Waals surface area contributed by atoms with Crippen molar-refractivity contribution in [3.05, 3.63) is 12.2 Å². The summed E-state index contributed by atoms with van der Waals surface area (Å²) in [6.45, 7) is 1.94. The van der Waals surface area contributed by atoms with E-state index in [1.165, 1.54) is 0 Å². The molecule has 0 saturated carbocycles. The van der Waals surface area contributed by atoms with Crippen LogP contribution >= 0.6 is 0 Å². The predicted octanol–water partition coefficient (Wildman–Crippen LogP) is 0.106. The third kappa shape index (κ3) is 5.65. The van der Waals surface area contributed by atoms with Crippen molar-refractivity contribution >= 4 is 11.0 Å². The highest BCUT2D eigenvalue weighted by Gasteiger charge is 1.76. The average Bonchev–Trinajstić information content (AvgIpc) is 1.66. The summed E-state index contributed by atoms with van der Waals surface area (Å²) < 4.78 is 23.5. The zero-order valence-corrected chi connectivity index (χ0v) is 5.43. The summed E-state index contributed by atoms with van der Waals surface area (Å²) in [5, 5.41) is 0. The standard InChI is InChI=1S/C4H8O3S/c1-2-3-4-7-8(5)6/h2-3,8H,4H2,1H3/b3-2+. The van der Waals surface area contributed by atoms with Gasteiger partial charge in [-0.1, -0.05) is 12.2 Å². The molecule has 0 aromatic heterocycles. The van der Waals surface area contributed by atoms with Gasteiger partial charge in [-0.15, -0.1) is 0 Å². The normalized spacial score (nSPS) is 11.2. The number of hydrogen-bond donors (Lipinski definition) is 1. The fraction of sp³-hybridized carbons (Fsp3) is 0.500. The number of hydrogen-bond acceptors (Lipinski definition) is 3. The van der Waals surface area contributed by atoms with Crippen molar-refractivity contribution in [2.75, 3.05) is 6.61 Å². The molecule has 0 amide bonds. The van der Waals surface area contributed by atoms with Crippen LogP contribution in [0.2, 0.25) is 0 Å². The van der Waals surface area contributed by atoms with E-state index in [9.17, 15) is 8.42 Å². The van der Waals surface area contributed by atoms with E-state index in [2.05, 4.69) is 4.18 Å². The topological polar surface area (TPSA) is 43.4 Å². The Hall–Kier alpha value is -0.350. The Kier molecular flexibility index (Phi) is 4.59. The van der Waals surface area contributed by atoms with E-state index >= 15 is 0 Å². The summed E-state index contributed by atoms with van der Waals surface area (Å²) in [5.41, 5.74) is 0. The highest BCUT2D eigenvalue weighted by atomic mass is 32.2. The van der Waals surface area contributed by atoms with E-state index in [-0.39, 0.29) is 6.61 Å². The molecule has 0 N–H and O–H groups in total. The van der Waals surface area contributed by atoms with Gasteiger partial charge in [0.1, 0.15) is 0 Å². The van der Waals surface area contributed by atoms with Gasteiger partial charge in [0.05, 0.1) is 6.61 Å². The van der Waals surface area contributed by atoms with Gasteiger partial charge in [-0.25, -0.2) is 8.42 Å². The SMILES string of the molecule is C/C=C/CO[SH](=O)=O. The lowest BCUT2D eigenvalue weighted by Gasteiger charge is -1.82. The van der Waals surface area contributed by atoms with Gasteiger partial charge >= 0.3 is 0 Å². The summed E-state index contributed by atoms with van der Waals surface area (Å²) in [5.74, 6) is 0. The lowest BCUT2D eigenvalue weighted by Crippen LogP contribution is -1.85. The Morgan fingerprint density at radius 1 is 1.62 bits per heavy atom. The van der Waals surface area contributed by atoms with E-state index in [0.717, 1.165) is 0 Å². The molecule has 0 atom stereocenters. The molecule has 0 heterocycles. The van der Waals surface area contributed by atoms with Crippen LogP contribution in [0.4, 0.5) is 0 Å². The van der Waals surface area contributed by atoms with E-state index in [4.69, 9.17) is 0 Å². The van der Waals surface area contributed by atoms with Crippen LogP contribution in [0, 0.1) is 0 Å². The van der Waals surface area contributed by atoms with Gasteiger partial charge in [-0.3, -0.25) is 4.18 Å². The number of allylic oxidation sites excluding steroid dienone is 1. The van der Waals surface area contributed by atoms with Crippen molar-refractivity contribution in [2.24, 2.45) is 0 Å². The highest BCUT2D eigenvalue weighted by Crippen LogP contribution is 1.74. The number of thiol groups is 1. The lowest BCUT2D eigenvalue weighted by molar-refractivity contribution is 0.375. The van der Waals surface area contributed by atoms with E-state index in [1.54, 1.807) is 19.1 Å². The van der Waals surface area contributed by atoms with Crippen LogP contribution in [0.25, 0.3) is 0 Å². The molecule has 48 valence electrons. The van der Waals surface area contributed by atoms with Crippen LogP contribution in [-0.2, 0) is 15.2 Å². The minimum Gasteiger partial charge on any atom is -0.268 e. The smallest absolute Gasteiger partial charge is 0.257 e. The van der Waals surface area contributed by atoms with Gasteiger partial charge < -0.3 is 0 Å². The van der Waals surface area contributed by atoms with Crippen LogP contribution in [0.15, 0.2) is 12.2 Å². The van der Waals surface area contributed by atoms with E-state index in [0.29, 0.717) is 0 Å². The minimum absolute atomic E-state index is 0.148. The molecule has 8 heavy (non-hydrogen) atoms. The van der Waals surface area contributed by atoms with Gasteiger partial charge in [-0.05, 0) is 6.92 Å². The van der Waals surface area contributed by atoms with Crippen molar-refractivity contribution in [1.82, 2.24) is 0 Å². The van der Waals surface area contributed by atoms with Crippen LogP contribution in [0.5, 0.6) is 0 Å². The molecule has 3 nitrogen and oxygen atoms in total. The van der Waals surface area contributed by atoms with E-state index < -0.39 is 11.0 Å². The summed E-state index contributed by atoms with van der Waals surface area (Å²) in [6.07, 6.45) is 3.34. The summed E-state index contributed by atoms with van der Waals surface area (Å²) in [4.78, 5) is 0. The maximum atomic E-state index is 9.66. The molecule has 0 aliphatic rings. The Bertz CT molecular complexity index is 128. The molecule has 0 rings (SSSR count). The molecule has 0 bridgehead atoms. The zero-order valence-electron chi connectivity index (χ0n) is 4.53. The lowest BCUT2D eigenvalue weighted by atomic mass is 10.6. The van der Waals surface area contributed by atoms with E-state index in [1.807, 2.05) is 0 Å². The van der Waals surface area contributed by atoms with Crippen LogP contribution in [0.3, 0.4) is 0 Å². The third-order valence-corrected chi connectivity index (χ3v) is 0.872. The molecule has 4 heteroatoms.